The second-order valence-electron chi connectivity index (χ2n) is 4.39. The molecule has 0 bridgehead atoms. The third-order valence-electron chi connectivity index (χ3n) is 2.61. The van der Waals surface area contributed by atoms with E-state index in [4.69, 9.17) is 0 Å². The number of benzene rings is 1. The quantitative estimate of drug-likeness (QED) is 0.718. The van der Waals surface area contributed by atoms with Crippen molar-refractivity contribution >= 4 is 17.5 Å². The van der Waals surface area contributed by atoms with Crippen LogP contribution in [0.25, 0.3) is 0 Å². The first-order valence-electron chi connectivity index (χ1n) is 5.72. The summed E-state index contributed by atoms with van der Waals surface area (Å²) in [4.78, 5) is 11.9. The summed E-state index contributed by atoms with van der Waals surface area (Å²) in [6.45, 7) is 8.43. The van der Waals surface area contributed by atoms with Crippen LogP contribution in [-0.2, 0) is 0 Å². The average Bonchev–Trinajstić information content (AvgIpc) is 2.21. The van der Waals surface area contributed by atoms with Crippen molar-refractivity contribution in [1.82, 2.24) is 0 Å². The van der Waals surface area contributed by atoms with E-state index in [1.165, 1.54) is 11.1 Å². The maximum absolute atomic E-state index is 11.9. The van der Waals surface area contributed by atoms with E-state index in [1.54, 1.807) is 0 Å². The average molecular weight is 236 g/mol. The lowest BCUT2D eigenvalue weighted by Gasteiger charge is -2.06. The molecule has 1 rings (SSSR count). The van der Waals surface area contributed by atoms with Gasteiger partial charge in [-0.15, -0.1) is 0 Å². The summed E-state index contributed by atoms with van der Waals surface area (Å²) in [7, 11) is 0. The van der Waals surface area contributed by atoms with E-state index in [0.29, 0.717) is 11.7 Å². The molecule has 0 fully saturated rings. The molecule has 0 aliphatic carbocycles. The summed E-state index contributed by atoms with van der Waals surface area (Å²) >= 11 is 1.84. The Bertz CT molecular complexity index is 369. The highest BCUT2D eigenvalue weighted by molar-refractivity contribution is 7.99. The van der Waals surface area contributed by atoms with Crippen molar-refractivity contribution in [1.29, 1.82) is 0 Å². The van der Waals surface area contributed by atoms with E-state index >= 15 is 0 Å². The van der Waals surface area contributed by atoms with Gasteiger partial charge in [0.25, 0.3) is 0 Å². The largest absolute Gasteiger partial charge is 0.294 e. The maximum Gasteiger partial charge on any atom is 0.163 e. The van der Waals surface area contributed by atoms with Gasteiger partial charge in [0.2, 0.25) is 0 Å². The van der Waals surface area contributed by atoms with Gasteiger partial charge in [-0.25, -0.2) is 0 Å². The number of hydrogen-bond donors (Lipinski definition) is 0. The highest BCUT2D eigenvalue weighted by Gasteiger charge is 2.07. The topological polar surface area (TPSA) is 17.1 Å². The van der Waals surface area contributed by atoms with E-state index in [0.717, 1.165) is 11.3 Å². The zero-order chi connectivity index (χ0) is 12.1. The fourth-order valence-electron chi connectivity index (χ4n) is 1.45. The SMILES string of the molecule is Cc1ccc(C(=O)CCSC(C)C)cc1C. The zero-order valence-electron chi connectivity index (χ0n) is 10.5. The highest BCUT2D eigenvalue weighted by atomic mass is 32.2. The Balaban J connectivity index is 2.56. The van der Waals surface area contributed by atoms with Crippen molar-refractivity contribution in [2.75, 3.05) is 5.75 Å². The maximum atomic E-state index is 11.9. The van der Waals surface area contributed by atoms with Crippen molar-refractivity contribution in [3.63, 3.8) is 0 Å². The third kappa shape index (κ3) is 4.01. The number of carbonyl (C=O) groups excluding carboxylic acids is 1. The molecule has 0 saturated carbocycles. The van der Waals surface area contributed by atoms with Crippen LogP contribution in [0.1, 0.15) is 41.8 Å². The molecular formula is C14H20OS. The van der Waals surface area contributed by atoms with Gasteiger partial charge in [-0.05, 0) is 36.3 Å². The van der Waals surface area contributed by atoms with E-state index < -0.39 is 0 Å². The van der Waals surface area contributed by atoms with Crippen LogP contribution >= 0.6 is 11.8 Å². The number of thioether (sulfide) groups is 1. The molecule has 0 radical (unpaired) electrons. The first-order valence-corrected chi connectivity index (χ1v) is 6.77. The van der Waals surface area contributed by atoms with Crippen LogP contribution in [0.5, 0.6) is 0 Å². The van der Waals surface area contributed by atoms with Crippen LogP contribution in [0, 0.1) is 13.8 Å². The number of rotatable bonds is 5. The van der Waals surface area contributed by atoms with Gasteiger partial charge in [-0.1, -0.05) is 26.0 Å². The summed E-state index contributed by atoms with van der Waals surface area (Å²) in [5, 5.41) is 0.604. The van der Waals surface area contributed by atoms with Gasteiger partial charge in [0, 0.05) is 17.7 Å². The minimum Gasteiger partial charge on any atom is -0.294 e. The van der Waals surface area contributed by atoms with Crippen LogP contribution in [-0.4, -0.2) is 16.8 Å². The molecule has 0 aliphatic rings. The van der Waals surface area contributed by atoms with Crippen molar-refractivity contribution in [2.45, 2.75) is 39.4 Å². The standard InChI is InChI=1S/C14H20OS/c1-10(2)16-8-7-14(15)13-6-5-11(3)12(4)9-13/h5-6,9-10H,7-8H2,1-4H3. The predicted molar refractivity (Wildman–Crippen MR) is 72.5 cm³/mol. The Hall–Kier alpha value is -0.760. The van der Waals surface area contributed by atoms with Gasteiger partial charge in [0.1, 0.15) is 0 Å². The lowest BCUT2D eigenvalue weighted by atomic mass is 10.0. The minimum absolute atomic E-state index is 0.260. The third-order valence-corrected chi connectivity index (χ3v) is 3.72. The summed E-state index contributed by atoms with van der Waals surface area (Å²) in [6.07, 6.45) is 0.644. The van der Waals surface area contributed by atoms with Gasteiger partial charge in [-0.2, -0.15) is 11.8 Å². The van der Waals surface area contributed by atoms with Crippen LogP contribution in [0.15, 0.2) is 18.2 Å². The molecule has 0 unspecified atom stereocenters. The fraction of sp³-hybridized carbons (Fsp3) is 0.500. The Labute approximate surface area is 103 Å². The number of hydrogen-bond acceptors (Lipinski definition) is 2. The van der Waals surface area contributed by atoms with Crippen LogP contribution < -0.4 is 0 Å². The molecule has 0 spiro atoms. The molecule has 1 nitrogen and oxygen atoms in total. The van der Waals surface area contributed by atoms with Gasteiger partial charge < -0.3 is 0 Å². The molecule has 1 aromatic carbocycles. The van der Waals surface area contributed by atoms with Gasteiger partial charge in [0.05, 0.1) is 0 Å². The van der Waals surface area contributed by atoms with Crippen molar-refractivity contribution in [2.24, 2.45) is 0 Å². The van der Waals surface area contributed by atoms with Crippen LogP contribution in [0.4, 0.5) is 0 Å². The van der Waals surface area contributed by atoms with E-state index in [2.05, 4.69) is 27.7 Å². The first kappa shape index (κ1) is 13.3. The minimum atomic E-state index is 0.260. The zero-order valence-corrected chi connectivity index (χ0v) is 11.4. The molecule has 0 N–H and O–H groups in total. The molecule has 0 atom stereocenters. The summed E-state index contributed by atoms with van der Waals surface area (Å²) < 4.78 is 0. The highest BCUT2D eigenvalue weighted by Crippen LogP contribution is 2.15. The number of Topliss-reactive ketones (excluding diaryl/α,β-unsaturated/α-hetero) is 1. The Kier molecular flexibility index (Phi) is 5.07. The monoisotopic (exact) mass is 236 g/mol. The van der Waals surface area contributed by atoms with Gasteiger partial charge >= 0.3 is 0 Å². The van der Waals surface area contributed by atoms with Gasteiger partial charge in [-0.3, -0.25) is 4.79 Å². The summed E-state index contributed by atoms with van der Waals surface area (Å²) in [6, 6.07) is 5.96. The molecule has 16 heavy (non-hydrogen) atoms. The normalized spacial score (nSPS) is 10.8. The second-order valence-corrected chi connectivity index (χ2v) is 6.08. The number of aryl methyl sites for hydroxylation is 2. The Morgan fingerprint density at radius 2 is 1.94 bits per heavy atom. The number of ketones is 1. The smallest absolute Gasteiger partial charge is 0.163 e. The van der Waals surface area contributed by atoms with E-state index in [1.807, 2.05) is 30.0 Å². The molecular weight excluding hydrogens is 216 g/mol. The fourth-order valence-corrected chi connectivity index (χ4v) is 2.22. The molecule has 0 aromatic heterocycles. The molecule has 0 saturated heterocycles. The summed E-state index contributed by atoms with van der Waals surface area (Å²) in [5.74, 6) is 1.18. The Morgan fingerprint density at radius 3 is 2.50 bits per heavy atom. The summed E-state index contributed by atoms with van der Waals surface area (Å²) in [5.41, 5.74) is 3.29. The van der Waals surface area contributed by atoms with Crippen molar-refractivity contribution in [3.8, 4) is 0 Å². The molecule has 2 heteroatoms. The van der Waals surface area contributed by atoms with Crippen molar-refractivity contribution in [3.05, 3.63) is 34.9 Å². The molecule has 1 aromatic rings. The Morgan fingerprint density at radius 1 is 1.25 bits per heavy atom. The lowest BCUT2D eigenvalue weighted by Crippen LogP contribution is -2.02. The molecule has 88 valence electrons. The molecule has 0 amide bonds. The lowest BCUT2D eigenvalue weighted by molar-refractivity contribution is 0.0989. The molecule has 0 aliphatic heterocycles. The van der Waals surface area contributed by atoms with Crippen LogP contribution in [0.3, 0.4) is 0 Å². The van der Waals surface area contributed by atoms with Gasteiger partial charge in [0.15, 0.2) is 5.78 Å². The van der Waals surface area contributed by atoms with E-state index in [9.17, 15) is 4.79 Å². The van der Waals surface area contributed by atoms with Crippen LogP contribution in [0.2, 0.25) is 0 Å². The predicted octanol–water partition coefficient (Wildman–Crippen LogP) is 4.02. The second kappa shape index (κ2) is 6.09. The molecule has 0 heterocycles. The number of carbonyl (C=O) groups is 1. The van der Waals surface area contributed by atoms with E-state index in [-0.39, 0.29) is 5.78 Å². The van der Waals surface area contributed by atoms with Crippen molar-refractivity contribution < 1.29 is 4.79 Å². The first-order chi connectivity index (χ1) is 7.50.